The van der Waals surface area contributed by atoms with Crippen molar-refractivity contribution in [2.24, 2.45) is 10.8 Å². The second-order valence-electron chi connectivity index (χ2n) is 3.90. The number of halogens is 1. The van der Waals surface area contributed by atoms with Crippen molar-refractivity contribution in [2.45, 2.75) is 13.3 Å². The van der Waals surface area contributed by atoms with Gasteiger partial charge in [-0.15, -0.1) is 0 Å². The lowest BCUT2D eigenvalue weighted by molar-refractivity contribution is 0.146. The number of hydrogen-bond donors (Lipinski definition) is 3. The number of rotatable bonds is 7. The number of methoxy groups -OCH3 is 1. The van der Waals surface area contributed by atoms with Gasteiger partial charge in [0.1, 0.15) is 5.75 Å². The first-order valence-corrected chi connectivity index (χ1v) is 6.78. The molecule has 1 aromatic rings. The Morgan fingerprint density at radius 1 is 1.45 bits per heavy atom. The van der Waals surface area contributed by atoms with E-state index in [1.54, 1.807) is 25.3 Å². The molecule has 20 heavy (non-hydrogen) atoms. The number of nitrogens with one attached hydrogen (secondary N) is 2. The maximum absolute atomic E-state index is 6.10. The minimum atomic E-state index is 0.441. The van der Waals surface area contributed by atoms with Gasteiger partial charge in [-0.25, -0.2) is 5.84 Å². The lowest BCUT2D eigenvalue weighted by Crippen LogP contribution is -2.36. The molecular formula is C13H21ClN4O2. The number of hydrogen-bond acceptors (Lipinski definition) is 4. The molecule has 7 heteroatoms. The van der Waals surface area contributed by atoms with Crippen LogP contribution in [0.4, 0.5) is 5.69 Å². The van der Waals surface area contributed by atoms with Crippen LogP contribution in [0.1, 0.15) is 13.3 Å². The van der Waals surface area contributed by atoms with E-state index in [0.717, 1.165) is 6.42 Å². The van der Waals surface area contributed by atoms with Crippen molar-refractivity contribution in [3.63, 3.8) is 0 Å². The summed E-state index contributed by atoms with van der Waals surface area (Å²) in [5.74, 6) is 6.57. The molecule has 1 rings (SSSR count). The van der Waals surface area contributed by atoms with Crippen LogP contribution < -0.4 is 21.3 Å². The third-order valence-corrected chi connectivity index (χ3v) is 2.81. The normalized spacial score (nSPS) is 11.3. The molecule has 1 aromatic carbocycles. The Bertz CT molecular complexity index is 440. The quantitative estimate of drug-likeness (QED) is 0.236. The molecular weight excluding hydrogens is 280 g/mol. The van der Waals surface area contributed by atoms with E-state index in [4.69, 9.17) is 26.9 Å². The highest BCUT2D eigenvalue weighted by molar-refractivity contribution is 6.33. The molecule has 0 heterocycles. The van der Waals surface area contributed by atoms with E-state index in [1.165, 1.54) is 0 Å². The Morgan fingerprint density at radius 3 is 2.90 bits per heavy atom. The first-order valence-electron chi connectivity index (χ1n) is 6.40. The smallest absolute Gasteiger partial charge is 0.210 e. The van der Waals surface area contributed by atoms with Crippen LogP contribution in [0.25, 0.3) is 0 Å². The van der Waals surface area contributed by atoms with Gasteiger partial charge < -0.3 is 14.8 Å². The van der Waals surface area contributed by atoms with Crippen molar-refractivity contribution < 1.29 is 9.47 Å². The summed E-state index contributed by atoms with van der Waals surface area (Å²) in [6, 6.07) is 5.30. The Balaban J connectivity index is 2.61. The molecule has 6 nitrogen and oxygen atoms in total. The van der Waals surface area contributed by atoms with Gasteiger partial charge in [0.25, 0.3) is 0 Å². The van der Waals surface area contributed by atoms with Gasteiger partial charge in [0.2, 0.25) is 5.96 Å². The molecule has 0 aliphatic carbocycles. The van der Waals surface area contributed by atoms with Crippen molar-refractivity contribution >= 4 is 23.2 Å². The van der Waals surface area contributed by atoms with Gasteiger partial charge in [-0.3, -0.25) is 10.4 Å². The predicted molar refractivity (Wildman–Crippen MR) is 82.4 cm³/mol. The van der Waals surface area contributed by atoms with Crippen LogP contribution in [0.15, 0.2) is 23.2 Å². The summed E-state index contributed by atoms with van der Waals surface area (Å²) >= 11 is 6.10. The molecule has 0 fully saturated rings. The molecule has 0 spiro atoms. The number of aliphatic imine (C=N–C) groups is 1. The van der Waals surface area contributed by atoms with Gasteiger partial charge in [-0.2, -0.15) is 0 Å². The fourth-order valence-corrected chi connectivity index (χ4v) is 1.64. The highest BCUT2D eigenvalue weighted by atomic mass is 35.5. The molecule has 0 aliphatic rings. The summed E-state index contributed by atoms with van der Waals surface area (Å²) in [6.07, 6.45) is 0.826. The number of hydrazine groups is 1. The average molecular weight is 301 g/mol. The number of ether oxygens (including phenoxy) is 2. The minimum Gasteiger partial charge on any atom is -0.497 e. The van der Waals surface area contributed by atoms with Crippen molar-refractivity contribution in [3.05, 3.63) is 23.2 Å². The second-order valence-corrected chi connectivity index (χ2v) is 4.30. The van der Waals surface area contributed by atoms with E-state index in [9.17, 15) is 0 Å². The standard InChI is InChI=1S/C13H21ClN4O2/c1-3-20-8-4-7-16-13(18-15)17-12-9-10(19-2)5-6-11(12)14/h5-6,9H,3-4,7-8,15H2,1-2H3,(H2,16,17,18). The molecule has 0 unspecified atom stereocenters. The van der Waals surface area contributed by atoms with E-state index in [1.807, 2.05) is 6.92 Å². The SMILES string of the molecule is CCOCCCN=C(NN)Nc1cc(OC)ccc1Cl. The number of guanidine groups is 1. The molecule has 0 radical (unpaired) electrons. The number of benzene rings is 1. The van der Waals surface area contributed by atoms with Crippen LogP contribution in [0, 0.1) is 0 Å². The van der Waals surface area contributed by atoms with Crippen molar-refractivity contribution in [2.75, 3.05) is 32.2 Å². The summed E-state index contributed by atoms with van der Waals surface area (Å²) < 4.78 is 10.4. The molecule has 4 N–H and O–H groups in total. The topological polar surface area (TPSA) is 80.9 Å². The fraction of sp³-hybridized carbons (Fsp3) is 0.462. The first-order chi connectivity index (χ1) is 9.71. The Morgan fingerprint density at radius 2 is 2.25 bits per heavy atom. The van der Waals surface area contributed by atoms with Gasteiger partial charge in [-0.05, 0) is 25.5 Å². The highest BCUT2D eigenvalue weighted by Crippen LogP contribution is 2.26. The van der Waals surface area contributed by atoms with Gasteiger partial charge in [0.15, 0.2) is 0 Å². The van der Waals surface area contributed by atoms with E-state index < -0.39 is 0 Å². The van der Waals surface area contributed by atoms with Gasteiger partial charge in [0, 0.05) is 25.8 Å². The molecule has 0 aliphatic heterocycles. The zero-order valence-corrected chi connectivity index (χ0v) is 12.5. The van der Waals surface area contributed by atoms with Crippen LogP contribution in [0.5, 0.6) is 5.75 Å². The summed E-state index contributed by atoms with van der Waals surface area (Å²) in [6.45, 7) is 3.96. The van der Waals surface area contributed by atoms with Crippen LogP contribution in [0.2, 0.25) is 5.02 Å². The van der Waals surface area contributed by atoms with Gasteiger partial charge >= 0.3 is 0 Å². The molecule has 0 saturated carbocycles. The van der Waals surface area contributed by atoms with Crippen molar-refractivity contribution in [1.82, 2.24) is 5.43 Å². The van der Waals surface area contributed by atoms with Crippen LogP contribution in [-0.2, 0) is 4.74 Å². The lowest BCUT2D eigenvalue weighted by Gasteiger charge is -2.12. The predicted octanol–water partition coefficient (Wildman–Crippen LogP) is 2.01. The van der Waals surface area contributed by atoms with Crippen LogP contribution >= 0.6 is 11.6 Å². The monoisotopic (exact) mass is 300 g/mol. The third kappa shape index (κ3) is 5.64. The molecule has 0 saturated heterocycles. The molecule has 0 bridgehead atoms. The van der Waals surface area contributed by atoms with Gasteiger partial charge in [0.05, 0.1) is 17.8 Å². The zero-order valence-electron chi connectivity index (χ0n) is 11.8. The molecule has 112 valence electrons. The Kier molecular flexibility index (Phi) is 7.79. The maximum atomic E-state index is 6.10. The van der Waals surface area contributed by atoms with Crippen LogP contribution in [-0.4, -0.2) is 32.8 Å². The summed E-state index contributed by atoms with van der Waals surface area (Å²) in [7, 11) is 1.59. The summed E-state index contributed by atoms with van der Waals surface area (Å²) in [4.78, 5) is 4.30. The maximum Gasteiger partial charge on any atom is 0.210 e. The fourth-order valence-electron chi connectivity index (χ4n) is 1.48. The Labute approximate surface area is 124 Å². The van der Waals surface area contributed by atoms with E-state index in [0.29, 0.717) is 42.2 Å². The summed E-state index contributed by atoms with van der Waals surface area (Å²) in [5, 5.41) is 3.58. The summed E-state index contributed by atoms with van der Waals surface area (Å²) in [5.41, 5.74) is 3.18. The van der Waals surface area contributed by atoms with Crippen molar-refractivity contribution in [3.8, 4) is 5.75 Å². The number of anilines is 1. The van der Waals surface area contributed by atoms with Crippen LogP contribution in [0.3, 0.4) is 0 Å². The number of nitrogens with two attached hydrogens (primary N) is 1. The van der Waals surface area contributed by atoms with E-state index >= 15 is 0 Å². The minimum absolute atomic E-state index is 0.441. The number of nitrogens with zero attached hydrogens (tertiary/aromatic N) is 1. The third-order valence-electron chi connectivity index (χ3n) is 2.48. The first kappa shape index (κ1) is 16.6. The molecule has 0 amide bonds. The largest absolute Gasteiger partial charge is 0.497 e. The van der Waals surface area contributed by atoms with E-state index in [-0.39, 0.29) is 0 Å². The lowest BCUT2D eigenvalue weighted by atomic mass is 10.3. The van der Waals surface area contributed by atoms with E-state index in [2.05, 4.69) is 15.7 Å². The van der Waals surface area contributed by atoms with Gasteiger partial charge in [-0.1, -0.05) is 11.6 Å². The molecule has 0 aromatic heterocycles. The Hall–Kier alpha value is -1.50. The zero-order chi connectivity index (χ0) is 14.8. The second kappa shape index (κ2) is 9.41. The average Bonchev–Trinajstić information content (AvgIpc) is 2.47. The molecule has 0 atom stereocenters. The van der Waals surface area contributed by atoms with Crippen molar-refractivity contribution in [1.29, 1.82) is 0 Å². The highest BCUT2D eigenvalue weighted by Gasteiger charge is 2.04.